The number of nitrogens with two attached hydrogens (primary N) is 1. The van der Waals surface area contributed by atoms with Gasteiger partial charge < -0.3 is 5.73 Å². The van der Waals surface area contributed by atoms with Crippen molar-refractivity contribution in [1.82, 2.24) is 5.32 Å². The van der Waals surface area contributed by atoms with E-state index in [0.29, 0.717) is 13.2 Å². The van der Waals surface area contributed by atoms with E-state index in [4.69, 9.17) is 5.73 Å². The number of Topliss-reactive ketones (excluding diaryl/α,β-unsaturated/α-hetero) is 1. The summed E-state index contributed by atoms with van der Waals surface area (Å²) in [6.07, 6.45) is 0. The lowest BCUT2D eigenvalue weighted by molar-refractivity contribution is 0.0991. The lowest BCUT2D eigenvalue weighted by Crippen LogP contribution is -2.28. The highest BCUT2D eigenvalue weighted by Gasteiger charge is 2.01. The predicted octanol–water partition coefficient (Wildman–Crippen LogP) is 0.375. The fourth-order valence-corrected chi connectivity index (χ4v) is 0.912. The van der Waals surface area contributed by atoms with Crippen LogP contribution in [0.5, 0.6) is 0 Å². The summed E-state index contributed by atoms with van der Waals surface area (Å²) in [6, 6.07) is 9.15. The summed E-state index contributed by atoms with van der Waals surface area (Å²) in [5, 5.41) is 2.77. The highest BCUT2D eigenvalue weighted by Crippen LogP contribution is 1.98. The van der Waals surface area contributed by atoms with Gasteiger partial charge in [-0.05, 0) is 0 Å². The summed E-state index contributed by atoms with van der Waals surface area (Å²) < 4.78 is 0. The second-order valence-electron chi connectivity index (χ2n) is 2.42. The summed E-state index contributed by atoms with van der Waals surface area (Å²) in [5.74, 6) is 0.0704. The molecule has 0 fully saturated rings. The number of carbonyl (C=O) groups is 1. The smallest absolute Gasteiger partial charge is 0.176 e. The molecule has 0 radical (unpaired) electrons. The molecule has 3 nitrogen and oxygen atoms in total. The second kappa shape index (κ2) is 4.64. The van der Waals surface area contributed by atoms with Gasteiger partial charge in [-0.25, -0.2) is 0 Å². The lowest BCUT2D eigenvalue weighted by atomic mass is 10.1. The minimum absolute atomic E-state index is 0.0704. The molecule has 3 N–H and O–H groups in total. The third-order valence-electron chi connectivity index (χ3n) is 1.53. The van der Waals surface area contributed by atoms with Crippen LogP contribution in [0.15, 0.2) is 30.3 Å². The van der Waals surface area contributed by atoms with E-state index >= 15 is 0 Å². The van der Waals surface area contributed by atoms with E-state index in [1.807, 2.05) is 18.2 Å². The van der Waals surface area contributed by atoms with Crippen molar-refractivity contribution < 1.29 is 4.79 Å². The van der Waals surface area contributed by atoms with Gasteiger partial charge in [0.1, 0.15) is 0 Å². The number of hydrogen-bond acceptors (Lipinski definition) is 3. The molecule has 0 aliphatic carbocycles. The van der Waals surface area contributed by atoms with Gasteiger partial charge in [0.25, 0.3) is 0 Å². The van der Waals surface area contributed by atoms with Crippen LogP contribution >= 0.6 is 0 Å². The topological polar surface area (TPSA) is 55.1 Å². The summed E-state index contributed by atoms with van der Waals surface area (Å²) in [5.41, 5.74) is 5.91. The molecule has 12 heavy (non-hydrogen) atoms. The third-order valence-corrected chi connectivity index (χ3v) is 1.53. The highest BCUT2D eigenvalue weighted by molar-refractivity contribution is 5.97. The standard InChI is InChI=1S/C9H12N2O/c10-7-11-6-9(12)8-4-2-1-3-5-8/h1-5,11H,6-7,10H2. The van der Waals surface area contributed by atoms with Gasteiger partial charge in [0.15, 0.2) is 5.78 Å². The Bertz CT molecular complexity index is 246. The lowest BCUT2D eigenvalue weighted by Gasteiger charge is -1.99. The van der Waals surface area contributed by atoms with Crippen LogP contribution in [0, 0.1) is 0 Å². The number of benzene rings is 1. The molecule has 0 aliphatic heterocycles. The third kappa shape index (κ3) is 2.45. The first-order valence-electron chi connectivity index (χ1n) is 3.83. The van der Waals surface area contributed by atoms with Gasteiger partial charge in [0, 0.05) is 12.2 Å². The molecule has 0 aliphatic rings. The Balaban J connectivity index is 2.54. The normalized spacial score (nSPS) is 9.75. The van der Waals surface area contributed by atoms with Crippen molar-refractivity contribution in [3.63, 3.8) is 0 Å². The van der Waals surface area contributed by atoms with Gasteiger partial charge in [-0.3, -0.25) is 10.1 Å². The maximum Gasteiger partial charge on any atom is 0.176 e. The Morgan fingerprint density at radius 3 is 2.58 bits per heavy atom. The second-order valence-corrected chi connectivity index (χ2v) is 2.42. The molecule has 0 aromatic heterocycles. The zero-order valence-corrected chi connectivity index (χ0v) is 6.79. The van der Waals surface area contributed by atoms with E-state index < -0.39 is 0 Å². The SMILES string of the molecule is NCNCC(=O)c1ccccc1. The summed E-state index contributed by atoms with van der Waals surface area (Å²) in [6.45, 7) is 0.638. The average molecular weight is 164 g/mol. The number of carbonyl (C=O) groups excluding carboxylic acids is 1. The molecule has 0 heterocycles. The molecular weight excluding hydrogens is 152 g/mol. The van der Waals surface area contributed by atoms with Crippen molar-refractivity contribution in [2.24, 2.45) is 5.73 Å². The first-order chi connectivity index (χ1) is 5.84. The Hall–Kier alpha value is -1.19. The number of ketones is 1. The average Bonchev–Trinajstić information content (AvgIpc) is 2.15. The Kier molecular flexibility index (Phi) is 3.44. The fraction of sp³-hybridized carbons (Fsp3) is 0.222. The van der Waals surface area contributed by atoms with Crippen LogP contribution in [0.4, 0.5) is 0 Å². The van der Waals surface area contributed by atoms with Crippen LogP contribution in [0.3, 0.4) is 0 Å². The van der Waals surface area contributed by atoms with Gasteiger partial charge in [0.2, 0.25) is 0 Å². The van der Waals surface area contributed by atoms with Crippen LogP contribution in [0.1, 0.15) is 10.4 Å². The zero-order chi connectivity index (χ0) is 8.81. The first-order valence-corrected chi connectivity index (χ1v) is 3.83. The Labute approximate surface area is 71.6 Å². The summed E-state index contributed by atoms with van der Waals surface area (Å²) in [7, 11) is 0. The van der Waals surface area contributed by atoms with Crippen LogP contribution < -0.4 is 11.1 Å². The molecular formula is C9H12N2O. The van der Waals surface area contributed by atoms with Gasteiger partial charge in [-0.1, -0.05) is 30.3 Å². The van der Waals surface area contributed by atoms with Crippen molar-refractivity contribution >= 4 is 5.78 Å². The van der Waals surface area contributed by atoms with Crippen LogP contribution in [0.2, 0.25) is 0 Å². The monoisotopic (exact) mass is 164 g/mol. The van der Waals surface area contributed by atoms with Crippen molar-refractivity contribution in [2.45, 2.75) is 0 Å². The van der Waals surface area contributed by atoms with Gasteiger partial charge in [-0.15, -0.1) is 0 Å². The molecule has 0 saturated heterocycles. The molecule has 0 atom stereocenters. The molecule has 64 valence electrons. The molecule has 0 unspecified atom stereocenters. The molecule has 1 rings (SSSR count). The van der Waals surface area contributed by atoms with Crippen LogP contribution in [0.25, 0.3) is 0 Å². The van der Waals surface area contributed by atoms with E-state index in [9.17, 15) is 4.79 Å². The zero-order valence-electron chi connectivity index (χ0n) is 6.79. The molecule has 0 spiro atoms. The van der Waals surface area contributed by atoms with Crippen molar-refractivity contribution in [1.29, 1.82) is 0 Å². The van der Waals surface area contributed by atoms with E-state index in [0.717, 1.165) is 5.56 Å². The summed E-state index contributed by atoms with van der Waals surface area (Å²) >= 11 is 0. The van der Waals surface area contributed by atoms with Crippen molar-refractivity contribution in [3.05, 3.63) is 35.9 Å². The molecule has 1 aromatic carbocycles. The predicted molar refractivity (Wildman–Crippen MR) is 47.8 cm³/mol. The Morgan fingerprint density at radius 2 is 2.00 bits per heavy atom. The largest absolute Gasteiger partial charge is 0.318 e. The van der Waals surface area contributed by atoms with Crippen molar-refractivity contribution in [3.8, 4) is 0 Å². The Morgan fingerprint density at radius 1 is 1.33 bits per heavy atom. The molecule has 0 amide bonds. The first kappa shape index (κ1) is 8.90. The fourth-order valence-electron chi connectivity index (χ4n) is 0.912. The number of rotatable bonds is 4. The minimum atomic E-state index is 0.0704. The number of nitrogens with one attached hydrogen (secondary N) is 1. The van der Waals surface area contributed by atoms with Crippen LogP contribution in [-0.4, -0.2) is 19.0 Å². The van der Waals surface area contributed by atoms with Crippen molar-refractivity contribution in [2.75, 3.05) is 13.2 Å². The maximum atomic E-state index is 11.3. The minimum Gasteiger partial charge on any atom is -0.318 e. The van der Waals surface area contributed by atoms with Crippen LogP contribution in [-0.2, 0) is 0 Å². The van der Waals surface area contributed by atoms with E-state index in [2.05, 4.69) is 5.32 Å². The van der Waals surface area contributed by atoms with Gasteiger partial charge in [0.05, 0.1) is 6.54 Å². The molecule has 1 aromatic rings. The highest BCUT2D eigenvalue weighted by atomic mass is 16.1. The maximum absolute atomic E-state index is 11.3. The van der Waals surface area contributed by atoms with E-state index in [-0.39, 0.29) is 5.78 Å². The molecule has 3 heteroatoms. The van der Waals surface area contributed by atoms with Gasteiger partial charge in [-0.2, -0.15) is 0 Å². The molecule has 0 saturated carbocycles. The van der Waals surface area contributed by atoms with E-state index in [1.54, 1.807) is 12.1 Å². The summed E-state index contributed by atoms with van der Waals surface area (Å²) in [4.78, 5) is 11.3. The quantitative estimate of drug-likeness (QED) is 0.499. The van der Waals surface area contributed by atoms with E-state index in [1.165, 1.54) is 0 Å². The molecule has 0 bridgehead atoms. The number of hydrogen-bond donors (Lipinski definition) is 2. The van der Waals surface area contributed by atoms with Gasteiger partial charge >= 0.3 is 0 Å².